The van der Waals surface area contributed by atoms with Crippen LogP contribution in [0.1, 0.15) is 12.5 Å². The molecule has 0 amide bonds. The van der Waals surface area contributed by atoms with Crippen LogP contribution in [0, 0.1) is 0 Å². The lowest BCUT2D eigenvalue weighted by Gasteiger charge is -2.05. The van der Waals surface area contributed by atoms with E-state index in [9.17, 15) is 0 Å². The second-order valence-corrected chi connectivity index (χ2v) is 4.74. The number of thiazole rings is 1. The van der Waals surface area contributed by atoms with E-state index in [4.69, 9.17) is 11.6 Å². The Morgan fingerprint density at radius 3 is 2.88 bits per heavy atom. The molecular weight excluding hydrogens is 240 g/mol. The monoisotopic (exact) mass is 252 g/mol. The van der Waals surface area contributed by atoms with Crippen molar-refractivity contribution in [1.29, 1.82) is 0 Å². The Balaban J connectivity index is 2.46. The van der Waals surface area contributed by atoms with Crippen molar-refractivity contribution in [3.05, 3.63) is 34.2 Å². The van der Waals surface area contributed by atoms with E-state index in [-0.39, 0.29) is 0 Å². The van der Waals surface area contributed by atoms with Crippen LogP contribution in [0.4, 0.5) is 5.13 Å². The topological polar surface area (TPSA) is 24.9 Å². The Bertz CT molecular complexity index is 494. The predicted molar refractivity (Wildman–Crippen MR) is 71.5 cm³/mol. The van der Waals surface area contributed by atoms with Gasteiger partial charge in [0.2, 0.25) is 0 Å². The number of halogens is 1. The fraction of sp³-hybridized carbons (Fsp3) is 0.250. The SMILES string of the molecule is CCc1cc(Cl)ccc1-c1csc(NC)n1. The second kappa shape index (κ2) is 4.85. The van der Waals surface area contributed by atoms with Crippen LogP contribution in [0.15, 0.2) is 23.6 Å². The molecule has 2 rings (SSSR count). The van der Waals surface area contributed by atoms with Crippen molar-refractivity contribution in [2.45, 2.75) is 13.3 Å². The van der Waals surface area contributed by atoms with Crippen LogP contribution >= 0.6 is 22.9 Å². The molecule has 0 saturated carbocycles. The van der Waals surface area contributed by atoms with Crippen LogP contribution in [-0.4, -0.2) is 12.0 Å². The highest BCUT2D eigenvalue weighted by Crippen LogP contribution is 2.29. The van der Waals surface area contributed by atoms with Crippen LogP contribution in [0.2, 0.25) is 5.02 Å². The maximum absolute atomic E-state index is 5.99. The molecule has 0 aliphatic carbocycles. The summed E-state index contributed by atoms with van der Waals surface area (Å²) in [6.07, 6.45) is 0.961. The normalized spacial score (nSPS) is 10.4. The fourth-order valence-electron chi connectivity index (χ4n) is 1.62. The number of aryl methyl sites for hydroxylation is 1. The third-order valence-electron chi connectivity index (χ3n) is 2.44. The van der Waals surface area contributed by atoms with E-state index in [1.807, 2.05) is 25.2 Å². The average molecular weight is 253 g/mol. The summed E-state index contributed by atoms with van der Waals surface area (Å²) in [5.74, 6) is 0. The van der Waals surface area contributed by atoms with Gasteiger partial charge in [0.15, 0.2) is 5.13 Å². The van der Waals surface area contributed by atoms with E-state index >= 15 is 0 Å². The molecule has 0 radical (unpaired) electrons. The molecule has 0 unspecified atom stereocenters. The zero-order chi connectivity index (χ0) is 11.5. The molecule has 2 aromatic rings. The van der Waals surface area contributed by atoms with Gasteiger partial charge in [-0.25, -0.2) is 4.98 Å². The molecule has 2 nitrogen and oxygen atoms in total. The van der Waals surface area contributed by atoms with E-state index in [2.05, 4.69) is 22.6 Å². The van der Waals surface area contributed by atoms with Crippen molar-refractivity contribution in [3.8, 4) is 11.3 Å². The maximum Gasteiger partial charge on any atom is 0.182 e. The molecule has 16 heavy (non-hydrogen) atoms. The summed E-state index contributed by atoms with van der Waals surface area (Å²) in [6, 6.07) is 5.96. The standard InChI is InChI=1S/C12H13ClN2S/c1-3-8-6-9(13)4-5-10(8)11-7-16-12(14-2)15-11/h4-7H,3H2,1-2H3,(H,14,15). The van der Waals surface area contributed by atoms with Crippen molar-refractivity contribution in [2.24, 2.45) is 0 Å². The minimum atomic E-state index is 0.782. The lowest BCUT2D eigenvalue weighted by atomic mass is 10.0. The summed E-state index contributed by atoms with van der Waals surface area (Å²) in [6.45, 7) is 2.13. The quantitative estimate of drug-likeness (QED) is 0.891. The molecule has 0 spiro atoms. The Hall–Kier alpha value is -1.06. The summed E-state index contributed by atoms with van der Waals surface area (Å²) in [4.78, 5) is 4.50. The predicted octanol–water partition coefficient (Wildman–Crippen LogP) is 4.07. The number of benzene rings is 1. The Kier molecular flexibility index (Phi) is 3.46. The summed E-state index contributed by atoms with van der Waals surface area (Å²) in [5, 5.41) is 6.83. The molecule has 84 valence electrons. The lowest BCUT2D eigenvalue weighted by molar-refractivity contribution is 1.14. The van der Waals surface area contributed by atoms with E-state index in [0.29, 0.717) is 0 Å². The number of aromatic nitrogens is 1. The van der Waals surface area contributed by atoms with Gasteiger partial charge in [-0.3, -0.25) is 0 Å². The molecule has 1 heterocycles. The van der Waals surface area contributed by atoms with E-state index in [1.165, 1.54) is 11.1 Å². The summed E-state index contributed by atoms with van der Waals surface area (Å²) < 4.78 is 0. The minimum Gasteiger partial charge on any atom is -0.365 e. The molecule has 1 aromatic heterocycles. The van der Waals surface area contributed by atoms with Crippen molar-refractivity contribution in [2.75, 3.05) is 12.4 Å². The third-order valence-corrected chi connectivity index (χ3v) is 3.54. The zero-order valence-corrected chi connectivity index (χ0v) is 10.8. The van der Waals surface area contributed by atoms with E-state index in [0.717, 1.165) is 22.3 Å². The van der Waals surface area contributed by atoms with Gasteiger partial charge in [-0.1, -0.05) is 24.6 Å². The Morgan fingerprint density at radius 2 is 2.25 bits per heavy atom. The molecular formula is C12H13ClN2S. The van der Waals surface area contributed by atoms with Gasteiger partial charge in [0.1, 0.15) is 0 Å². The Labute approximate surface area is 104 Å². The zero-order valence-electron chi connectivity index (χ0n) is 9.25. The first kappa shape index (κ1) is 11.4. The number of nitrogens with one attached hydrogen (secondary N) is 1. The van der Waals surface area contributed by atoms with Gasteiger partial charge in [-0.05, 0) is 24.1 Å². The van der Waals surface area contributed by atoms with Crippen LogP contribution in [0.5, 0.6) is 0 Å². The highest BCUT2D eigenvalue weighted by Gasteiger charge is 2.08. The van der Waals surface area contributed by atoms with Crippen LogP contribution < -0.4 is 5.32 Å². The van der Waals surface area contributed by atoms with Gasteiger partial charge in [-0.2, -0.15) is 0 Å². The van der Waals surface area contributed by atoms with E-state index in [1.54, 1.807) is 11.3 Å². The van der Waals surface area contributed by atoms with E-state index < -0.39 is 0 Å². The highest BCUT2D eigenvalue weighted by molar-refractivity contribution is 7.14. The first-order valence-electron chi connectivity index (χ1n) is 5.16. The number of anilines is 1. The van der Waals surface area contributed by atoms with Gasteiger partial charge in [0.25, 0.3) is 0 Å². The largest absolute Gasteiger partial charge is 0.365 e. The molecule has 0 bridgehead atoms. The minimum absolute atomic E-state index is 0.782. The molecule has 1 N–H and O–H groups in total. The van der Waals surface area contributed by atoms with Gasteiger partial charge in [-0.15, -0.1) is 11.3 Å². The van der Waals surface area contributed by atoms with Crippen molar-refractivity contribution in [3.63, 3.8) is 0 Å². The number of hydrogen-bond acceptors (Lipinski definition) is 3. The van der Waals surface area contributed by atoms with Gasteiger partial charge >= 0.3 is 0 Å². The average Bonchev–Trinajstić information content (AvgIpc) is 2.77. The second-order valence-electron chi connectivity index (χ2n) is 3.44. The first-order chi connectivity index (χ1) is 7.74. The summed E-state index contributed by atoms with van der Waals surface area (Å²) in [5.41, 5.74) is 3.42. The van der Waals surface area contributed by atoms with Crippen LogP contribution in [-0.2, 0) is 6.42 Å². The smallest absolute Gasteiger partial charge is 0.182 e. The molecule has 0 fully saturated rings. The van der Waals surface area contributed by atoms with Crippen LogP contribution in [0.3, 0.4) is 0 Å². The molecule has 0 atom stereocenters. The van der Waals surface area contributed by atoms with Gasteiger partial charge < -0.3 is 5.32 Å². The molecule has 0 aliphatic heterocycles. The van der Waals surface area contributed by atoms with Crippen LogP contribution in [0.25, 0.3) is 11.3 Å². The number of nitrogens with zero attached hydrogens (tertiary/aromatic N) is 1. The Morgan fingerprint density at radius 1 is 1.44 bits per heavy atom. The first-order valence-corrected chi connectivity index (χ1v) is 6.42. The van der Waals surface area contributed by atoms with Crippen molar-refractivity contribution >= 4 is 28.1 Å². The summed E-state index contributed by atoms with van der Waals surface area (Å²) in [7, 11) is 1.88. The number of rotatable bonds is 3. The van der Waals surface area contributed by atoms with Crippen molar-refractivity contribution in [1.82, 2.24) is 4.98 Å². The number of hydrogen-bond donors (Lipinski definition) is 1. The van der Waals surface area contributed by atoms with Crippen molar-refractivity contribution < 1.29 is 0 Å². The molecule has 0 aliphatic rings. The third kappa shape index (κ3) is 2.20. The maximum atomic E-state index is 5.99. The molecule has 1 aromatic carbocycles. The summed E-state index contributed by atoms with van der Waals surface area (Å²) >= 11 is 7.60. The van der Waals surface area contributed by atoms with Gasteiger partial charge in [0.05, 0.1) is 5.69 Å². The fourth-order valence-corrected chi connectivity index (χ4v) is 2.48. The lowest BCUT2D eigenvalue weighted by Crippen LogP contribution is -1.89. The molecule has 0 saturated heterocycles. The van der Waals surface area contributed by atoms with Gasteiger partial charge in [0, 0.05) is 23.0 Å². The highest BCUT2D eigenvalue weighted by atomic mass is 35.5. The molecule has 4 heteroatoms.